The van der Waals surface area contributed by atoms with E-state index in [-0.39, 0.29) is 5.91 Å². The van der Waals surface area contributed by atoms with Crippen LogP contribution in [0.5, 0.6) is 5.75 Å². The van der Waals surface area contributed by atoms with Gasteiger partial charge in [0.1, 0.15) is 11.6 Å². The monoisotopic (exact) mass is 403 g/mol. The molecule has 7 nitrogen and oxygen atoms in total. The molecular weight excluding hydrogens is 378 g/mol. The number of hydrogen-bond donors (Lipinski definition) is 3. The second-order valence-corrected chi connectivity index (χ2v) is 7.26. The Bertz CT molecular complexity index is 1140. The van der Waals surface area contributed by atoms with Crippen LogP contribution in [0.4, 0.5) is 0 Å². The van der Waals surface area contributed by atoms with Crippen molar-refractivity contribution in [3.8, 4) is 17.1 Å². The number of amides is 1. The maximum atomic E-state index is 13.0. The number of dihydropyridines is 1. The molecule has 1 aliphatic heterocycles. The molecule has 154 valence electrons. The van der Waals surface area contributed by atoms with E-state index < -0.39 is 0 Å². The van der Waals surface area contributed by atoms with E-state index in [1.165, 1.54) is 5.70 Å². The third-order valence-electron chi connectivity index (χ3n) is 5.14. The predicted molar refractivity (Wildman–Crippen MR) is 117 cm³/mol. The number of H-pyrrole nitrogens is 1. The predicted octanol–water partition coefficient (Wildman–Crippen LogP) is 3.92. The van der Waals surface area contributed by atoms with Gasteiger partial charge in [-0.2, -0.15) is 0 Å². The molecule has 0 bridgehead atoms. The van der Waals surface area contributed by atoms with Crippen LogP contribution in [0.15, 0.2) is 59.6 Å². The first-order chi connectivity index (χ1) is 14.6. The van der Waals surface area contributed by atoms with Crippen LogP contribution >= 0.6 is 0 Å². The zero-order valence-electron chi connectivity index (χ0n) is 17.4. The van der Waals surface area contributed by atoms with Gasteiger partial charge in [-0.1, -0.05) is 13.3 Å². The van der Waals surface area contributed by atoms with E-state index in [0.29, 0.717) is 29.1 Å². The Morgan fingerprint density at radius 1 is 1.23 bits per heavy atom. The van der Waals surface area contributed by atoms with Gasteiger partial charge in [-0.15, -0.1) is 0 Å². The molecule has 0 saturated carbocycles. The largest absolute Gasteiger partial charge is 0.497 e. The van der Waals surface area contributed by atoms with Crippen LogP contribution in [0.3, 0.4) is 0 Å². The van der Waals surface area contributed by atoms with Gasteiger partial charge >= 0.3 is 0 Å². The van der Waals surface area contributed by atoms with Gasteiger partial charge in [0.15, 0.2) is 5.65 Å². The minimum absolute atomic E-state index is 0.184. The molecule has 1 aliphatic rings. The third kappa shape index (κ3) is 3.91. The van der Waals surface area contributed by atoms with Crippen molar-refractivity contribution >= 4 is 17.1 Å². The van der Waals surface area contributed by atoms with Gasteiger partial charge in [0.25, 0.3) is 5.91 Å². The fraction of sp³-hybridized carbons (Fsp3) is 0.261. The lowest BCUT2D eigenvalue weighted by molar-refractivity contribution is 0.0966. The summed E-state index contributed by atoms with van der Waals surface area (Å²) in [4.78, 5) is 25.1. The molecule has 0 atom stereocenters. The summed E-state index contributed by atoms with van der Waals surface area (Å²) in [6.07, 6.45) is 5.79. The first kappa shape index (κ1) is 19.7. The molecule has 3 heterocycles. The van der Waals surface area contributed by atoms with E-state index in [1.54, 1.807) is 19.4 Å². The summed E-state index contributed by atoms with van der Waals surface area (Å²) in [6.45, 7) is 4.78. The summed E-state index contributed by atoms with van der Waals surface area (Å²) in [7, 11) is 1.63. The van der Waals surface area contributed by atoms with Crippen LogP contribution in [0.1, 0.15) is 37.0 Å². The number of pyridine rings is 1. The van der Waals surface area contributed by atoms with E-state index in [9.17, 15) is 4.79 Å². The van der Waals surface area contributed by atoms with Crippen molar-refractivity contribution in [1.29, 1.82) is 0 Å². The van der Waals surface area contributed by atoms with Gasteiger partial charge in [0.05, 0.1) is 24.7 Å². The number of allylic oxidation sites excluding steroid dienone is 3. The standard InChI is InChI=1S/C23H25N5O2/c1-4-5-16-12-14(2)19(13-25-16)26-23(29)18-10-11-24-22-20(18)27-21(28-22)15-6-8-17(30-3)9-7-15/h6-12,25H,4-5,13H2,1-3H3,(H,26,29)(H,24,27,28). The quantitative estimate of drug-likeness (QED) is 0.580. The lowest BCUT2D eigenvalue weighted by Crippen LogP contribution is -2.33. The molecule has 0 fully saturated rings. The number of carbonyl (C=O) groups excluding carboxylic acids is 1. The summed E-state index contributed by atoms with van der Waals surface area (Å²) >= 11 is 0. The van der Waals surface area contributed by atoms with Crippen molar-refractivity contribution in [3.63, 3.8) is 0 Å². The molecule has 0 aliphatic carbocycles. The third-order valence-corrected chi connectivity index (χ3v) is 5.14. The molecule has 1 amide bonds. The number of benzene rings is 1. The fourth-order valence-corrected chi connectivity index (χ4v) is 3.50. The van der Waals surface area contributed by atoms with Crippen molar-refractivity contribution in [1.82, 2.24) is 25.6 Å². The van der Waals surface area contributed by atoms with Crippen molar-refractivity contribution in [2.24, 2.45) is 0 Å². The van der Waals surface area contributed by atoms with Gasteiger partial charge < -0.3 is 20.4 Å². The highest BCUT2D eigenvalue weighted by molar-refractivity contribution is 6.05. The highest BCUT2D eigenvalue weighted by Crippen LogP contribution is 2.24. The van der Waals surface area contributed by atoms with E-state index in [1.807, 2.05) is 31.2 Å². The maximum Gasteiger partial charge on any atom is 0.257 e. The van der Waals surface area contributed by atoms with Crippen LogP contribution in [0, 0.1) is 0 Å². The van der Waals surface area contributed by atoms with Crippen LogP contribution in [0.25, 0.3) is 22.6 Å². The van der Waals surface area contributed by atoms with E-state index in [4.69, 9.17) is 4.74 Å². The Balaban J connectivity index is 1.62. The maximum absolute atomic E-state index is 13.0. The molecule has 4 rings (SSSR count). The van der Waals surface area contributed by atoms with E-state index >= 15 is 0 Å². The van der Waals surface area contributed by atoms with E-state index in [2.05, 4.69) is 38.6 Å². The SMILES string of the molecule is CCCC1=CC(C)=C(NC(=O)c2ccnc3nc(-c4ccc(OC)cc4)[nH]c23)CN1. The normalized spacial score (nSPS) is 13.8. The first-order valence-corrected chi connectivity index (χ1v) is 10.0. The Hall–Kier alpha value is -3.61. The molecule has 2 aromatic heterocycles. The number of hydrogen-bond acceptors (Lipinski definition) is 5. The van der Waals surface area contributed by atoms with Crippen molar-refractivity contribution < 1.29 is 9.53 Å². The Morgan fingerprint density at radius 2 is 2.03 bits per heavy atom. The van der Waals surface area contributed by atoms with Crippen LogP contribution < -0.4 is 15.4 Å². The number of aromatic nitrogens is 3. The van der Waals surface area contributed by atoms with E-state index in [0.717, 1.165) is 35.4 Å². The molecule has 0 spiro atoms. The average Bonchev–Trinajstić information content (AvgIpc) is 3.20. The molecule has 3 N–H and O–H groups in total. The van der Waals surface area contributed by atoms with Crippen LogP contribution in [-0.2, 0) is 0 Å². The second kappa shape index (κ2) is 8.41. The smallest absolute Gasteiger partial charge is 0.257 e. The second-order valence-electron chi connectivity index (χ2n) is 7.26. The summed E-state index contributed by atoms with van der Waals surface area (Å²) in [5.74, 6) is 1.24. The van der Waals surface area contributed by atoms with Crippen molar-refractivity contribution in [3.05, 3.63) is 65.1 Å². The molecular formula is C23H25N5O2. The number of nitrogens with one attached hydrogen (secondary N) is 3. The number of rotatable bonds is 6. The number of methoxy groups -OCH3 is 1. The van der Waals surface area contributed by atoms with Gasteiger partial charge in [0.2, 0.25) is 0 Å². The van der Waals surface area contributed by atoms with Crippen molar-refractivity contribution in [2.75, 3.05) is 13.7 Å². The highest BCUT2D eigenvalue weighted by Gasteiger charge is 2.18. The van der Waals surface area contributed by atoms with Crippen LogP contribution in [-0.4, -0.2) is 34.5 Å². The number of aromatic amines is 1. The first-order valence-electron chi connectivity index (χ1n) is 10.0. The highest BCUT2D eigenvalue weighted by atomic mass is 16.5. The Morgan fingerprint density at radius 3 is 2.73 bits per heavy atom. The Labute approximate surface area is 175 Å². The van der Waals surface area contributed by atoms with Gasteiger partial charge in [-0.25, -0.2) is 9.97 Å². The van der Waals surface area contributed by atoms with Gasteiger partial charge in [0, 0.05) is 23.2 Å². The molecule has 30 heavy (non-hydrogen) atoms. The molecule has 1 aromatic carbocycles. The molecule has 7 heteroatoms. The number of fused-ring (bicyclic) bond motifs is 1. The molecule has 0 unspecified atom stereocenters. The average molecular weight is 403 g/mol. The summed E-state index contributed by atoms with van der Waals surface area (Å²) in [5.41, 5.74) is 5.67. The fourth-order valence-electron chi connectivity index (χ4n) is 3.50. The summed E-state index contributed by atoms with van der Waals surface area (Å²) < 4.78 is 5.21. The topological polar surface area (TPSA) is 91.9 Å². The zero-order valence-corrected chi connectivity index (χ0v) is 17.4. The minimum Gasteiger partial charge on any atom is -0.497 e. The van der Waals surface area contributed by atoms with Gasteiger partial charge in [-0.3, -0.25) is 4.79 Å². The number of ether oxygens (including phenoxy) is 1. The van der Waals surface area contributed by atoms with Crippen molar-refractivity contribution in [2.45, 2.75) is 26.7 Å². The lowest BCUT2D eigenvalue weighted by Gasteiger charge is -2.21. The number of imidazole rings is 1. The molecule has 0 saturated heterocycles. The minimum atomic E-state index is -0.184. The van der Waals surface area contributed by atoms with Crippen LogP contribution in [0.2, 0.25) is 0 Å². The summed E-state index contributed by atoms with van der Waals surface area (Å²) in [6, 6.07) is 9.28. The lowest BCUT2D eigenvalue weighted by atomic mass is 10.1. The Kier molecular flexibility index (Phi) is 5.52. The number of carbonyl (C=O) groups is 1. The number of nitrogens with zero attached hydrogens (tertiary/aromatic N) is 2. The molecule has 0 radical (unpaired) electrons. The molecule has 3 aromatic rings. The zero-order chi connectivity index (χ0) is 21.1. The summed E-state index contributed by atoms with van der Waals surface area (Å²) in [5, 5.41) is 6.42. The van der Waals surface area contributed by atoms with Gasteiger partial charge in [-0.05, 0) is 55.3 Å².